The van der Waals surface area contributed by atoms with Gasteiger partial charge in [-0.15, -0.1) is 0 Å². The summed E-state index contributed by atoms with van der Waals surface area (Å²) in [4.78, 5) is 11.4. The summed E-state index contributed by atoms with van der Waals surface area (Å²) >= 11 is 0. The molecule has 0 spiro atoms. The number of nitrogens with one attached hydrogen (secondary N) is 1. The molecule has 100 valence electrons. The molecule has 0 radical (unpaired) electrons. The molecule has 1 rings (SSSR count). The van der Waals surface area contributed by atoms with Gasteiger partial charge in [0.25, 0.3) is 0 Å². The Morgan fingerprint density at radius 2 is 2.17 bits per heavy atom. The summed E-state index contributed by atoms with van der Waals surface area (Å²) in [5, 5.41) is 3.25. The van der Waals surface area contributed by atoms with Gasteiger partial charge >= 0.3 is 5.97 Å². The Morgan fingerprint density at radius 3 is 2.78 bits per heavy atom. The Balaban J connectivity index is 2.77. The fraction of sp³-hybridized carbons (Fsp3) is 0.462. The largest absolute Gasteiger partial charge is 0.465 e. The van der Waals surface area contributed by atoms with Crippen LogP contribution in [-0.4, -0.2) is 32.8 Å². The number of esters is 1. The lowest BCUT2D eigenvalue weighted by atomic mass is 10.1. The van der Waals surface area contributed by atoms with E-state index in [9.17, 15) is 4.79 Å². The average Bonchev–Trinajstić information content (AvgIpc) is 2.38. The maximum absolute atomic E-state index is 11.4. The van der Waals surface area contributed by atoms with Crippen LogP contribution in [0.4, 0.5) is 11.4 Å². The zero-order valence-corrected chi connectivity index (χ0v) is 11.0. The second kappa shape index (κ2) is 6.86. The molecule has 3 N–H and O–H groups in total. The van der Waals surface area contributed by atoms with E-state index in [1.165, 1.54) is 7.11 Å². The molecule has 5 heteroatoms. The number of anilines is 2. The van der Waals surface area contributed by atoms with Crippen molar-refractivity contribution in [2.45, 2.75) is 19.4 Å². The minimum Gasteiger partial charge on any atom is -0.465 e. The summed E-state index contributed by atoms with van der Waals surface area (Å²) in [7, 11) is 3.02. The highest BCUT2D eigenvalue weighted by Crippen LogP contribution is 2.21. The molecule has 0 aliphatic heterocycles. The SMILES string of the molecule is COCCC(C)Nc1cc(C(=O)OC)ccc1N. The lowest BCUT2D eigenvalue weighted by Crippen LogP contribution is -2.18. The third-order valence-corrected chi connectivity index (χ3v) is 2.63. The van der Waals surface area contributed by atoms with Crippen LogP contribution in [0.2, 0.25) is 0 Å². The zero-order valence-electron chi connectivity index (χ0n) is 11.0. The summed E-state index contributed by atoms with van der Waals surface area (Å²) in [5.74, 6) is -0.373. The predicted molar refractivity (Wildman–Crippen MR) is 71.8 cm³/mol. The molecule has 1 aromatic rings. The minimum atomic E-state index is -0.373. The predicted octanol–water partition coefficient (Wildman–Crippen LogP) is 1.89. The highest BCUT2D eigenvalue weighted by Gasteiger charge is 2.10. The number of carbonyl (C=O) groups excluding carboxylic acids is 1. The van der Waals surface area contributed by atoms with E-state index in [0.717, 1.165) is 12.1 Å². The first-order valence-electron chi connectivity index (χ1n) is 5.81. The van der Waals surface area contributed by atoms with Crippen molar-refractivity contribution in [2.75, 3.05) is 31.9 Å². The number of hydrogen-bond acceptors (Lipinski definition) is 5. The van der Waals surface area contributed by atoms with Gasteiger partial charge in [0.2, 0.25) is 0 Å². The topological polar surface area (TPSA) is 73.6 Å². The summed E-state index contributed by atoms with van der Waals surface area (Å²) in [6.45, 7) is 2.70. The molecule has 0 fully saturated rings. The molecule has 0 bridgehead atoms. The molecular formula is C13H20N2O3. The van der Waals surface area contributed by atoms with Gasteiger partial charge in [-0.25, -0.2) is 4.79 Å². The van der Waals surface area contributed by atoms with E-state index < -0.39 is 0 Å². The van der Waals surface area contributed by atoms with E-state index in [-0.39, 0.29) is 12.0 Å². The normalized spacial score (nSPS) is 11.9. The zero-order chi connectivity index (χ0) is 13.5. The van der Waals surface area contributed by atoms with E-state index in [1.54, 1.807) is 25.3 Å². The summed E-state index contributed by atoms with van der Waals surface area (Å²) in [6.07, 6.45) is 0.860. The molecule has 0 saturated heterocycles. The van der Waals surface area contributed by atoms with Crippen LogP contribution in [0, 0.1) is 0 Å². The summed E-state index contributed by atoms with van der Waals surface area (Å²) < 4.78 is 9.69. The van der Waals surface area contributed by atoms with Gasteiger partial charge in [-0.05, 0) is 31.5 Å². The first-order valence-corrected chi connectivity index (χ1v) is 5.81. The maximum atomic E-state index is 11.4. The Hall–Kier alpha value is -1.75. The van der Waals surface area contributed by atoms with E-state index >= 15 is 0 Å². The molecule has 1 atom stereocenters. The lowest BCUT2D eigenvalue weighted by Gasteiger charge is -2.17. The van der Waals surface area contributed by atoms with Gasteiger partial charge in [0.15, 0.2) is 0 Å². The molecule has 0 aliphatic rings. The van der Waals surface area contributed by atoms with Crippen LogP contribution >= 0.6 is 0 Å². The van der Waals surface area contributed by atoms with E-state index in [2.05, 4.69) is 10.1 Å². The van der Waals surface area contributed by atoms with Crippen LogP contribution in [0.25, 0.3) is 0 Å². The molecule has 0 amide bonds. The van der Waals surface area contributed by atoms with Crippen molar-refractivity contribution in [3.05, 3.63) is 23.8 Å². The van der Waals surface area contributed by atoms with Crippen molar-refractivity contribution in [3.63, 3.8) is 0 Å². The molecule has 0 heterocycles. The van der Waals surface area contributed by atoms with E-state index in [4.69, 9.17) is 10.5 Å². The Kier molecular flexibility index (Phi) is 5.45. The number of nitrogen functional groups attached to an aromatic ring is 1. The van der Waals surface area contributed by atoms with Gasteiger partial charge < -0.3 is 20.5 Å². The van der Waals surface area contributed by atoms with Crippen molar-refractivity contribution in [3.8, 4) is 0 Å². The van der Waals surface area contributed by atoms with E-state index in [0.29, 0.717) is 17.9 Å². The van der Waals surface area contributed by atoms with Crippen molar-refractivity contribution >= 4 is 17.3 Å². The van der Waals surface area contributed by atoms with Crippen LogP contribution in [0.5, 0.6) is 0 Å². The number of rotatable bonds is 6. The van der Waals surface area contributed by atoms with Crippen molar-refractivity contribution in [2.24, 2.45) is 0 Å². The number of ether oxygens (including phenoxy) is 2. The first kappa shape index (κ1) is 14.3. The highest BCUT2D eigenvalue weighted by molar-refractivity contribution is 5.91. The van der Waals surface area contributed by atoms with Crippen LogP contribution in [0.1, 0.15) is 23.7 Å². The fourth-order valence-corrected chi connectivity index (χ4v) is 1.56. The third kappa shape index (κ3) is 3.92. The van der Waals surface area contributed by atoms with Gasteiger partial charge in [0.05, 0.1) is 24.0 Å². The molecular weight excluding hydrogens is 232 g/mol. The Bertz CT molecular complexity index is 407. The molecule has 0 aromatic heterocycles. The molecule has 0 aliphatic carbocycles. The Morgan fingerprint density at radius 1 is 1.44 bits per heavy atom. The van der Waals surface area contributed by atoms with Gasteiger partial charge in [0, 0.05) is 19.8 Å². The Labute approximate surface area is 107 Å². The number of benzene rings is 1. The van der Waals surface area contributed by atoms with Crippen molar-refractivity contribution in [1.82, 2.24) is 0 Å². The van der Waals surface area contributed by atoms with Crippen LogP contribution in [0.3, 0.4) is 0 Å². The number of nitrogens with two attached hydrogens (primary N) is 1. The second-order valence-corrected chi connectivity index (χ2v) is 4.12. The van der Waals surface area contributed by atoms with Gasteiger partial charge in [-0.2, -0.15) is 0 Å². The van der Waals surface area contributed by atoms with Crippen molar-refractivity contribution < 1.29 is 14.3 Å². The first-order chi connectivity index (χ1) is 8.58. The standard InChI is InChI=1S/C13H20N2O3/c1-9(6-7-17-2)15-12-8-10(13(16)18-3)4-5-11(12)14/h4-5,8-9,15H,6-7,14H2,1-3H3. The molecule has 1 unspecified atom stereocenters. The van der Waals surface area contributed by atoms with Crippen LogP contribution in [0.15, 0.2) is 18.2 Å². The maximum Gasteiger partial charge on any atom is 0.337 e. The monoisotopic (exact) mass is 252 g/mol. The second-order valence-electron chi connectivity index (χ2n) is 4.12. The number of methoxy groups -OCH3 is 2. The molecule has 0 saturated carbocycles. The highest BCUT2D eigenvalue weighted by atomic mass is 16.5. The number of carbonyl (C=O) groups is 1. The third-order valence-electron chi connectivity index (χ3n) is 2.63. The van der Waals surface area contributed by atoms with Crippen molar-refractivity contribution in [1.29, 1.82) is 0 Å². The summed E-state index contributed by atoms with van der Waals surface area (Å²) in [6, 6.07) is 5.24. The van der Waals surface area contributed by atoms with E-state index in [1.807, 2.05) is 6.92 Å². The average molecular weight is 252 g/mol. The molecule has 1 aromatic carbocycles. The van der Waals surface area contributed by atoms with Crippen LogP contribution < -0.4 is 11.1 Å². The number of hydrogen-bond donors (Lipinski definition) is 2. The fourth-order valence-electron chi connectivity index (χ4n) is 1.56. The minimum absolute atomic E-state index is 0.208. The quantitative estimate of drug-likeness (QED) is 0.597. The lowest BCUT2D eigenvalue weighted by molar-refractivity contribution is 0.0601. The van der Waals surface area contributed by atoms with Crippen LogP contribution in [-0.2, 0) is 9.47 Å². The van der Waals surface area contributed by atoms with Gasteiger partial charge in [0.1, 0.15) is 0 Å². The smallest absolute Gasteiger partial charge is 0.337 e. The molecule has 18 heavy (non-hydrogen) atoms. The molecule has 5 nitrogen and oxygen atoms in total. The van der Waals surface area contributed by atoms with Gasteiger partial charge in [-0.1, -0.05) is 0 Å². The van der Waals surface area contributed by atoms with Gasteiger partial charge in [-0.3, -0.25) is 0 Å². The summed E-state index contributed by atoms with van der Waals surface area (Å²) in [5.41, 5.74) is 7.68.